The number of carbonyl (C=O) groups is 1. The zero-order valence-corrected chi connectivity index (χ0v) is 12.7. The number of hydrogen-bond donors (Lipinski definition) is 0. The van der Waals surface area contributed by atoms with Crippen molar-refractivity contribution in [2.24, 2.45) is 0 Å². The third-order valence-electron chi connectivity index (χ3n) is 3.02. The molecule has 0 bridgehead atoms. The Morgan fingerprint density at radius 3 is 1.95 bits per heavy atom. The Labute approximate surface area is 121 Å². The molecular weight excluding hydrogens is 287 g/mol. The highest BCUT2D eigenvalue weighted by atomic mass is 35.5. The molecule has 7 heteroatoms. The van der Waals surface area contributed by atoms with Gasteiger partial charge in [-0.2, -0.15) is 10.2 Å². The Hall–Kier alpha value is -1.33. The maximum Gasteiger partial charge on any atom is 0.268 e. The van der Waals surface area contributed by atoms with E-state index in [1.54, 1.807) is 25.5 Å². The first kappa shape index (κ1) is 14.1. The van der Waals surface area contributed by atoms with Gasteiger partial charge in [-0.25, -0.2) is 4.68 Å². The Kier molecular flexibility index (Phi) is 3.69. The van der Waals surface area contributed by atoms with E-state index < -0.39 is 0 Å². The lowest BCUT2D eigenvalue weighted by Crippen LogP contribution is -2.21. The lowest BCUT2D eigenvalue weighted by atomic mass is 10.4. The molecule has 0 aromatic carbocycles. The molecule has 0 radical (unpaired) electrons. The summed E-state index contributed by atoms with van der Waals surface area (Å²) in [6.45, 7) is 7.23. The van der Waals surface area contributed by atoms with Gasteiger partial charge in [0.25, 0.3) is 5.91 Å². The van der Waals surface area contributed by atoms with Gasteiger partial charge in [0.1, 0.15) is 6.54 Å². The highest BCUT2D eigenvalue weighted by molar-refractivity contribution is 6.32. The van der Waals surface area contributed by atoms with Crippen molar-refractivity contribution in [3.8, 4) is 0 Å². The van der Waals surface area contributed by atoms with Crippen LogP contribution in [0.3, 0.4) is 0 Å². The van der Waals surface area contributed by atoms with Crippen LogP contribution >= 0.6 is 23.2 Å². The summed E-state index contributed by atoms with van der Waals surface area (Å²) in [5.41, 5.74) is 2.74. The molecular formula is C12H14Cl2N4O. The number of hydrogen-bond acceptors (Lipinski definition) is 3. The van der Waals surface area contributed by atoms with E-state index in [0.29, 0.717) is 27.1 Å². The highest BCUT2D eigenvalue weighted by Gasteiger charge is 2.18. The number of rotatable bonds is 2. The van der Waals surface area contributed by atoms with Crippen LogP contribution in [0.25, 0.3) is 0 Å². The Balaban J connectivity index is 2.31. The zero-order chi connectivity index (χ0) is 14.3. The van der Waals surface area contributed by atoms with Crippen molar-refractivity contribution in [1.82, 2.24) is 19.6 Å². The standard InChI is InChI=1S/C12H14Cl2N4O/c1-6-11(13)8(3)17(15-6)5-10(19)18-9(4)12(14)7(2)16-18/h5H2,1-4H3. The fraction of sp³-hybridized carbons (Fsp3) is 0.417. The van der Waals surface area contributed by atoms with Gasteiger partial charge < -0.3 is 0 Å². The van der Waals surface area contributed by atoms with Crippen LogP contribution in [0.5, 0.6) is 0 Å². The first-order chi connectivity index (χ1) is 8.82. The van der Waals surface area contributed by atoms with Crippen LogP contribution in [0.4, 0.5) is 0 Å². The van der Waals surface area contributed by atoms with Gasteiger partial charge in [0, 0.05) is 0 Å². The molecule has 0 aliphatic carbocycles. The second-order valence-corrected chi connectivity index (χ2v) is 5.19. The summed E-state index contributed by atoms with van der Waals surface area (Å²) in [5.74, 6) is -0.199. The highest BCUT2D eigenvalue weighted by Crippen LogP contribution is 2.21. The molecule has 5 nitrogen and oxygen atoms in total. The van der Waals surface area contributed by atoms with Gasteiger partial charge in [-0.05, 0) is 27.7 Å². The number of aryl methyl sites for hydroxylation is 2. The molecule has 0 fully saturated rings. The van der Waals surface area contributed by atoms with Gasteiger partial charge in [0.15, 0.2) is 0 Å². The SMILES string of the molecule is Cc1nn(CC(=O)n2nc(C)c(Cl)c2C)c(C)c1Cl. The largest absolute Gasteiger partial charge is 0.270 e. The van der Waals surface area contributed by atoms with Gasteiger partial charge in [-0.15, -0.1) is 0 Å². The molecule has 0 spiro atoms. The van der Waals surface area contributed by atoms with Crippen molar-refractivity contribution in [2.75, 3.05) is 0 Å². The summed E-state index contributed by atoms with van der Waals surface area (Å²) in [7, 11) is 0. The van der Waals surface area contributed by atoms with Crippen LogP contribution in [0.2, 0.25) is 10.0 Å². The molecule has 2 heterocycles. The van der Waals surface area contributed by atoms with Crippen molar-refractivity contribution in [2.45, 2.75) is 34.2 Å². The molecule has 2 aromatic heterocycles. The third-order valence-corrected chi connectivity index (χ3v) is 4.11. The van der Waals surface area contributed by atoms with Crippen LogP contribution < -0.4 is 0 Å². The van der Waals surface area contributed by atoms with E-state index in [2.05, 4.69) is 10.2 Å². The van der Waals surface area contributed by atoms with Crippen LogP contribution in [-0.4, -0.2) is 25.5 Å². The number of aromatic nitrogens is 4. The van der Waals surface area contributed by atoms with E-state index in [4.69, 9.17) is 23.2 Å². The molecule has 0 aliphatic heterocycles. The maximum atomic E-state index is 12.2. The molecule has 0 unspecified atom stereocenters. The van der Waals surface area contributed by atoms with E-state index in [1.807, 2.05) is 6.92 Å². The number of carbonyl (C=O) groups excluding carboxylic acids is 1. The smallest absolute Gasteiger partial charge is 0.268 e. The summed E-state index contributed by atoms with van der Waals surface area (Å²) < 4.78 is 2.88. The summed E-state index contributed by atoms with van der Waals surface area (Å²) >= 11 is 12.1. The van der Waals surface area contributed by atoms with E-state index in [-0.39, 0.29) is 12.5 Å². The molecule has 0 atom stereocenters. The molecule has 102 valence electrons. The fourth-order valence-electron chi connectivity index (χ4n) is 1.89. The molecule has 0 saturated carbocycles. The van der Waals surface area contributed by atoms with Gasteiger partial charge in [0.05, 0.1) is 32.8 Å². The van der Waals surface area contributed by atoms with Crippen molar-refractivity contribution in [1.29, 1.82) is 0 Å². The average Bonchev–Trinajstić information content (AvgIpc) is 2.75. The minimum absolute atomic E-state index is 0.0810. The fourth-order valence-corrected chi connectivity index (χ4v) is 2.14. The lowest BCUT2D eigenvalue weighted by molar-refractivity contribution is 0.0866. The average molecular weight is 301 g/mol. The Bertz CT molecular complexity index is 657. The van der Waals surface area contributed by atoms with Gasteiger partial charge in [-0.3, -0.25) is 9.48 Å². The minimum atomic E-state index is -0.199. The molecule has 0 N–H and O–H groups in total. The zero-order valence-electron chi connectivity index (χ0n) is 11.2. The van der Waals surface area contributed by atoms with E-state index in [9.17, 15) is 4.79 Å². The van der Waals surface area contributed by atoms with Crippen LogP contribution in [0, 0.1) is 27.7 Å². The normalized spacial score (nSPS) is 11.1. The summed E-state index contributed by atoms with van der Waals surface area (Å²) in [6, 6.07) is 0. The topological polar surface area (TPSA) is 52.7 Å². The van der Waals surface area contributed by atoms with E-state index in [1.165, 1.54) is 4.68 Å². The lowest BCUT2D eigenvalue weighted by Gasteiger charge is -2.05. The van der Waals surface area contributed by atoms with Crippen LogP contribution in [0.1, 0.15) is 27.6 Å². The van der Waals surface area contributed by atoms with Crippen molar-refractivity contribution in [3.05, 3.63) is 32.8 Å². The Morgan fingerprint density at radius 1 is 1.00 bits per heavy atom. The molecule has 0 saturated heterocycles. The number of halogens is 2. The molecule has 0 amide bonds. The first-order valence-corrected chi connectivity index (χ1v) is 6.53. The second kappa shape index (κ2) is 4.98. The van der Waals surface area contributed by atoms with Crippen molar-refractivity contribution in [3.63, 3.8) is 0 Å². The molecule has 2 aromatic rings. The second-order valence-electron chi connectivity index (χ2n) is 4.43. The molecule has 2 rings (SSSR count). The van der Waals surface area contributed by atoms with Gasteiger partial charge in [-0.1, -0.05) is 23.2 Å². The predicted octanol–water partition coefficient (Wildman–Crippen LogP) is 2.96. The summed E-state index contributed by atoms with van der Waals surface area (Å²) in [6.07, 6.45) is 0. The van der Waals surface area contributed by atoms with Crippen LogP contribution in [0.15, 0.2) is 0 Å². The summed E-state index contributed by atoms with van der Waals surface area (Å²) in [4.78, 5) is 12.2. The van der Waals surface area contributed by atoms with E-state index in [0.717, 1.165) is 5.69 Å². The summed E-state index contributed by atoms with van der Waals surface area (Å²) in [5, 5.41) is 9.45. The third kappa shape index (κ3) is 2.40. The number of nitrogens with zero attached hydrogens (tertiary/aromatic N) is 4. The predicted molar refractivity (Wildman–Crippen MR) is 74.0 cm³/mol. The van der Waals surface area contributed by atoms with Gasteiger partial charge in [0.2, 0.25) is 0 Å². The van der Waals surface area contributed by atoms with E-state index >= 15 is 0 Å². The van der Waals surface area contributed by atoms with Crippen LogP contribution in [-0.2, 0) is 6.54 Å². The quantitative estimate of drug-likeness (QED) is 0.857. The van der Waals surface area contributed by atoms with Crippen molar-refractivity contribution >= 4 is 29.1 Å². The first-order valence-electron chi connectivity index (χ1n) is 5.77. The molecule has 0 aliphatic rings. The molecule has 19 heavy (non-hydrogen) atoms. The maximum absolute atomic E-state index is 12.2. The monoisotopic (exact) mass is 300 g/mol. The Morgan fingerprint density at radius 2 is 1.53 bits per heavy atom. The minimum Gasteiger partial charge on any atom is -0.270 e. The van der Waals surface area contributed by atoms with Gasteiger partial charge >= 0.3 is 0 Å². The van der Waals surface area contributed by atoms with Crippen molar-refractivity contribution < 1.29 is 4.79 Å².